The van der Waals surface area contributed by atoms with Crippen molar-refractivity contribution in [1.82, 2.24) is 0 Å². The van der Waals surface area contributed by atoms with Gasteiger partial charge < -0.3 is 10.4 Å². The molecule has 0 aliphatic carbocycles. The molecule has 0 fully saturated rings. The van der Waals surface area contributed by atoms with Gasteiger partial charge in [-0.3, -0.25) is 23.0 Å². The molecule has 228 valence electrons. The number of carbonyl (C=O) groups excluding carboxylic acids is 1. The number of phenolic OH excluding ortho intramolecular Hbond substituents is 1. The van der Waals surface area contributed by atoms with Gasteiger partial charge in [0.2, 0.25) is 5.91 Å². The number of nitrogens with zero attached hydrogens (tertiary/aromatic N) is 2. The van der Waals surface area contributed by atoms with E-state index >= 15 is 0 Å². The minimum Gasteiger partial charge on any atom is -0.505 e. The summed E-state index contributed by atoms with van der Waals surface area (Å²) in [4.78, 5) is 7.97. The van der Waals surface area contributed by atoms with E-state index in [9.17, 15) is 61.8 Å². The van der Waals surface area contributed by atoms with E-state index < -0.39 is 105 Å². The molecule has 1 amide bonds. The fourth-order valence-electron chi connectivity index (χ4n) is 4.16. The molecule has 0 radical (unpaired) electrons. The Hall–Kier alpha value is -4.09. The first-order valence-electron chi connectivity index (χ1n) is 11.1. The number of fused-ring (bicyclic) bond motifs is 2. The average Bonchev–Trinajstić information content (AvgIpc) is 2.84. The summed E-state index contributed by atoms with van der Waals surface area (Å²) in [5, 5.41) is 18.6. The molecule has 0 atom stereocenters. The first kappa shape index (κ1) is 31.8. The van der Waals surface area contributed by atoms with Gasteiger partial charge in [0.05, 0.1) is 10.6 Å². The zero-order valence-electron chi connectivity index (χ0n) is 21.1. The highest BCUT2D eigenvalue weighted by atomic mass is 32.2. The van der Waals surface area contributed by atoms with E-state index in [1.165, 1.54) is 0 Å². The van der Waals surface area contributed by atoms with Crippen molar-refractivity contribution in [1.29, 1.82) is 0 Å². The number of nitrogens with one attached hydrogen (secondary N) is 1. The van der Waals surface area contributed by atoms with Gasteiger partial charge in [0.25, 0.3) is 40.5 Å². The summed E-state index contributed by atoms with van der Waals surface area (Å²) in [5.41, 5.74) is -2.24. The number of anilines is 1. The molecule has 4 rings (SSSR count). The zero-order valence-corrected chi connectivity index (χ0v) is 24.3. The van der Waals surface area contributed by atoms with Gasteiger partial charge >= 0.3 is 0 Å². The van der Waals surface area contributed by atoms with Crippen LogP contribution in [0, 0.1) is 0 Å². The molecule has 0 heterocycles. The van der Waals surface area contributed by atoms with Crippen LogP contribution in [-0.2, 0) is 45.3 Å². The van der Waals surface area contributed by atoms with Gasteiger partial charge in [-0.05, 0) is 35.7 Å². The lowest BCUT2D eigenvalue weighted by Crippen LogP contribution is -2.08. The quantitative estimate of drug-likeness (QED) is 0.121. The van der Waals surface area contributed by atoms with E-state index in [1.807, 2.05) is 0 Å². The fraction of sp³-hybridized carbons (Fsp3) is 0.0455. The summed E-state index contributed by atoms with van der Waals surface area (Å²) >= 11 is 0. The Kier molecular flexibility index (Phi) is 7.82. The number of aromatic hydroxyl groups is 1. The maximum absolute atomic E-state index is 12.3. The van der Waals surface area contributed by atoms with Crippen LogP contribution < -0.4 is 5.32 Å². The first-order valence-corrected chi connectivity index (χ1v) is 16.9. The van der Waals surface area contributed by atoms with Crippen molar-refractivity contribution >= 4 is 85.0 Å². The molecule has 17 nitrogen and oxygen atoms in total. The second-order valence-electron chi connectivity index (χ2n) is 8.69. The van der Waals surface area contributed by atoms with Crippen molar-refractivity contribution in [3.8, 4) is 5.75 Å². The molecule has 0 spiro atoms. The lowest BCUT2D eigenvalue weighted by Gasteiger charge is -2.14. The van der Waals surface area contributed by atoms with E-state index in [2.05, 4.69) is 15.5 Å². The Morgan fingerprint density at radius 2 is 1.35 bits per heavy atom. The largest absolute Gasteiger partial charge is 0.505 e. The number of rotatable bonds is 7. The molecule has 0 saturated carbocycles. The van der Waals surface area contributed by atoms with Crippen LogP contribution in [0.25, 0.3) is 21.5 Å². The van der Waals surface area contributed by atoms with Gasteiger partial charge in [-0.2, -0.15) is 33.7 Å². The topological polar surface area (TPSA) is 292 Å². The van der Waals surface area contributed by atoms with Gasteiger partial charge in [0.1, 0.15) is 26.1 Å². The highest BCUT2D eigenvalue weighted by Crippen LogP contribution is 2.46. The second-order valence-corrected chi connectivity index (χ2v) is 14.2. The lowest BCUT2D eigenvalue weighted by molar-refractivity contribution is -0.114. The molecule has 0 aliphatic heterocycles. The van der Waals surface area contributed by atoms with Crippen molar-refractivity contribution < 1.29 is 61.8 Å². The summed E-state index contributed by atoms with van der Waals surface area (Å²) in [7, 11) is -20.4. The third-order valence-corrected chi connectivity index (χ3v) is 9.31. The molecular weight excluding hydrogens is 659 g/mol. The second kappa shape index (κ2) is 10.6. The van der Waals surface area contributed by atoms with Crippen LogP contribution in [0.3, 0.4) is 0 Å². The number of hydrogen-bond acceptors (Lipinski definition) is 12. The summed E-state index contributed by atoms with van der Waals surface area (Å²) in [6.07, 6.45) is 0. The van der Waals surface area contributed by atoms with Crippen LogP contribution in [0.2, 0.25) is 0 Å². The maximum atomic E-state index is 12.3. The van der Waals surface area contributed by atoms with Gasteiger partial charge in [-0.1, -0.05) is 18.2 Å². The highest BCUT2D eigenvalue weighted by molar-refractivity contribution is 7.87. The van der Waals surface area contributed by atoms with E-state index in [1.54, 1.807) is 0 Å². The maximum Gasteiger partial charge on any atom is 0.297 e. The van der Waals surface area contributed by atoms with E-state index in [4.69, 9.17) is 0 Å². The predicted molar refractivity (Wildman–Crippen MR) is 147 cm³/mol. The van der Waals surface area contributed by atoms with Crippen LogP contribution >= 0.6 is 0 Å². The standard InChI is InChI=1S/C22H17N3O14S4/c1-10(26)23-16-9-12(40(28,29)30)7-11-8-18(42(34,35)36)20(21(27)19(11)16)25-24-15-6-5-13-14(22(15)43(37,38)39)3-2-4-17(13)41(31,32)33/h2-9,27H,1H3,(H,23,26)(H,28,29,30)(H,31,32,33)(H,34,35,36)(H,37,38,39). The molecule has 4 aromatic carbocycles. The molecule has 0 aromatic heterocycles. The number of azo groups is 1. The van der Waals surface area contributed by atoms with Crippen LogP contribution in [0.15, 0.2) is 78.3 Å². The van der Waals surface area contributed by atoms with E-state index in [0.29, 0.717) is 12.1 Å². The van der Waals surface area contributed by atoms with Crippen molar-refractivity contribution in [2.45, 2.75) is 26.5 Å². The third-order valence-electron chi connectivity index (χ3n) is 5.75. The third kappa shape index (κ3) is 6.33. The monoisotopic (exact) mass is 675 g/mol. The van der Waals surface area contributed by atoms with Gasteiger partial charge in [0.15, 0.2) is 5.75 Å². The summed E-state index contributed by atoms with van der Waals surface area (Å²) in [6.45, 7) is 1.00. The Morgan fingerprint density at radius 3 is 1.88 bits per heavy atom. The minimum absolute atomic E-state index is 0.363. The summed E-state index contributed by atoms with van der Waals surface area (Å²) in [5.74, 6) is -1.92. The smallest absolute Gasteiger partial charge is 0.297 e. The minimum atomic E-state index is -5.31. The molecular formula is C22H17N3O14S4. The Bertz CT molecular complexity index is 2350. The molecule has 43 heavy (non-hydrogen) atoms. The van der Waals surface area contributed by atoms with Crippen LogP contribution in [0.1, 0.15) is 6.92 Å². The normalized spacial score (nSPS) is 13.1. The molecule has 0 unspecified atom stereocenters. The molecule has 6 N–H and O–H groups in total. The highest BCUT2D eigenvalue weighted by Gasteiger charge is 2.27. The summed E-state index contributed by atoms with van der Waals surface area (Å²) in [6, 6.07) is 6.89. The number of carbonyl (C=O) groups is 1. The van der Waals surface area contributed by atoms with E-state index in [0.717, 1.165) is 43.3 Å². The Balaban J connectivity index is 2.10. The molecule has 0 aliphatic rings. The Labute approximate surface area is 242 Å². The van der Waals surface area contributed by atoms with Gasteiger partial charge in [-0.15, -0.1) is 10.2 Å². The van der Waals surface area contributed by atoms with E-state index in [-0.39, 0.29) is 5.39 Å². The Morgan fingerprint density at radius 1 is 0.721 bits per heavy atom. The number of benzene rings is 4. The molecule has 0 saturated heterocycles. The summed E-state index contributed by atoms with van der Waals surface area (Å²) < 4.78 is 135. The van der Waals surface area contributed by atoms with Crippen molar-refractivity contribution in [3.05, 3.63) is 48.5 Å². The van der Waals surface area contributed by atoms with Gasteiger partial charge in [0, 0.05) is 23.1 Å². The number of hydrogen-bond donors (Lipinski definition) is 6. The zero-order chi connectivity index (χ0) is 32.3. The van der Waals surface area contributed by atoms with Crippen molar-refractivity contribution in [2.75, 3.05) is 5.32 Å². The van der Waals surface area contributed by atoms with Crippen LogP contribution in [0.4, 0.5) is 17.1 Å². The number of phenols is 1. The number of amides is 1. The lowest BCUT2D eigenvalue weighted by atomic mass is 10.1. The first-order chi connectivity index (χ1) is 19.6. The molecule has 21 heteroatoms. The molecule has 0 bridgehead atoms. The van der Waals surface area contributed by atoms with Crippen molar-refractivity contribution in [2.24, 2.45) is 10.2 Å². The van der Waals surface area contributed by atoms with Crippen LogP contribution in [-0.4, -0.2) is 62.9 Å². The SMILES string of the molecule is CC(=O)Nc1cc(S(=O)(=O)O)cc2cc(S(=O)(=O)O)c(N=Nc3ccc4c(S(=O)(=O)O)cccc4c3S(=O)(=O)O)c(O)c12. The van der Waals surface area contributed by atoms with Gasteiger partial charge in [-0.25, -0.2) is 0 Å². The molecule has 4 aromatic rings. The van der Waals surface area contributed by atoms with Crippen molar-refractivity contribution in [3.63, 3.8) is 0 Å². The van der Waals surface area contributed by atoms with Crippen LogP contribution in [0.5, 0.6) is 5.75 Å². The predicted octanol–water partition coefficient (Wildman–Crippen LogP) is 3.06. The average molecular weight is 676 g/mol. The fourth-order valence-corrected chi connectivity index (χ4v) is 6.89.